The second kappa shape index (κ2) is 8.67. The fourth-order valence-corrected chi connectivity index (χ4v) is 2.63. The van der Waals surface area contributed by atoms with Crippen LogP contribution in [0, 0.1) is 19.8 Å². The summed E-state index contributed by atoms with van der Waals surface area (Å²) >= 11 is 0. The van der Waals surface area contributed by atoms with Gasteiger partial charge >= 0.3 is 0 Å². The van der Waals surface area contributed by atoms with Crippen molar-refractivity contribution >= 4 is 11.6 Å². The Kier molecular flexibility index (Phi) is 6.59. The van der Waals surface area contributed by atoms with Crippen LogP contribution in [0.1, 0.15) is 40.9 Å². The Morgan fingerprint density at radius 3 is 2.40 bits per heavy atom. The lowest BCUT2D eigenvalue weighted by molar-refractivity contribution is 0.0952. The highest BCUT2D eigenvalue weighted by Gasteiger charge is 2.13. The van der Waals surface area contributed by atoms with Crippen LogP contribution in [0.3, 0.4) is 0 Å². The maximum Gasteiger partial charge on any atom is 0.255 e. The second-order valence-electron chi connectivity index (χ2n) is 6.66. The summed E-state index contributed by atoms with van der Waals surface area (Å²) in [5, 5.41) is 3.01. The van der Waals surface area contributed by atoms with E-state index in [0.29, 0.717) is 24.7 Å². The fourth-order valence-electron chi connectivity index (χ4n) is 2.63. The molecule has 2 rings (SSSR count). The number of para-hydroxylation sites is 1. The number of benzene rings is 2. The van der Waals surface area contributed by atoms with Gasteiger partial charge in [-0.1, -0.05) is 32.0 Å². The van der Waals surface area contributed by atoms with Crippen molar-refractivity contribution in [1.82, 2.24) is 0 Å². The lowest BCUT2D eigenvalue weighted by Crippen LogP contribution is -2.14. The Morgan fingerprint density at radius 1 is 1.12 bits per heavy atom. The molecule has 0 atom stereocenters. The topological polar surface area (TPSA) is 47.6 Å². The molecule has 0 saturated heterocycles. The number of ether oxygens (including phenoxy) is 2. The zero-order valence-corrected chi connectivity index (χ0v) is 15.7. The minimum Gasteiger partial charge on any atom is -0.496 e. The van der Waals surface area contributed by atoms with Gasteiger partial charge < -0.3 is 14.8 Å². The maximum absolute atomic E-state index is 12.7. The van der Waals surface area contributed by atoms with Gasteiger partial charge in [0.25, 0.3) is 5.91 Å². The number of amides is 1. The van der Waals surface area contributed by atoms with E-state index in [9.17, 15) is 4.79 Å². The summed E-state index contributed by atoms with van der Waals surface area (Å²) in [7, 11) is 1.62. The van der Waals surface area contributed by atoms with Gasteiger partial charge in [-0.05, 0) is 49.1 Å². The largest absolute Gasteiger partial charge is 0.496 e. The van der Waals surface area contributed by atoms with Crippen molar-refractivity contribution in [3.05, 3.63) is 58.7 Å². The standard InChI is InChI=1S/C21H27NO3/c1-14(2)12-25-13-18-11-17(9-10-19(18)24-5)21(23)22-20-15(3)7-6-8-16(20)4/h6-11,14H,12-13H2,1-5H3,(H,22,23). The predicted molar refractivity (Wildman–Crippen MR) is 101 cm³/mol. The van der Waals surface area contributed by atoms with Crippen molar-refractivity contribution in [2.45, 2.75) is 34.3 Å². The molecule has 0 radical (unpaired) electrons. The number of rotatable bonds is 7. The lowest BCUT2D eigenvalue weighted by Gasteiger charge is -2.14. The van der Waals surface area contributed by atoms with Gasteiger partial charge in [0, 0.05) is 23.4 Å². The molecular weight excluding hydrogens is 314 g/mol. The van der Waals surface area contributed by atoms with E-state index in [4.69, 9.17) is 9.47 Å². The number of carbonyl (C=O) groups is 1. The van der Waals surface area contributed by atoms with Crippen LogP contribution in [-0.2, 0) is 11.3 Å². The van der Waals surface area contributed by atoms with E-state index in [1.165, 1.54) is 0 Å². The minimum absolute atomic E-state index is 0.134. The second-order valence-corrected chi connectivity index (χ2v) is 6.66. The first-order chi connectivity index (χ1) is 11.9. The molecule has 0 spiro atoms. The first-order valence-electron chi connectivity index (χ1n) is 8.54. The van der Waals surface area contributed by atoms with Crippen molar-refractivity contribution in [3.63, 3.8) is 0 Å². The third-order valence-corrected chi connectivity index (χ3v) is 3.97. The van der Waals surface area contributed by atoms with E-state index < -0.39 is 0 Å². The van der Waals surface area contributed by atoms with Crippen molar-refractivity contribution in [2.75, 3.05) is 19.0 Å². The normalized spacial score (nSPS) is 10.8. The Bertz CT molecular complexity index is 718. The Labute approximate surface area is 150 Å². The molecule has 0 bridgehead atoms. The van der Waals surface area contributed by atoms with Crippen LogP contribution in [0.4, 0.5) is 5.69 Å². The number of hydrogen-bond acceptors (Lipinski definition) is 3. The fraction of sp³-hybridized carbons (Fsp3) is 0.381. The van der Waals surface area contributed by atoms with Crippen LogP contribution in [0.25, 0.3) is 0 Å². The molecule has 0 saturated carbocycles. The molecule has 0 heterocycles. The quantitative estimate of drug-likeness (QED) is 0.791. The minimum atomic E-state index is -0.134. The van der Waals surface area contributed by atoms with Crippen molar-refractivity contribution in [1.29, 1.82) is 0 Å². The summed E-state index contributed by atoms with van der Waals surface area (Å²) in [6, 6.07) is 11.4. The molecule has 25 heavy (non-hydrogen) atoms. The van der Waals surface area contributed by atoms with Crippen LogP contribution in [-0.4, -0.2) is 19.6 Å². The number of methoxy groups -OCH3 is 1. The van der Waals surface area contributed by atoms with Crippen molar-refractivity contribution in [2.24, 2.45) is 5.92 Å². The Morgan fingerprint density at radius 2 is 1.80 bits per heavy atom. The van der Waals surface area contributed by atoms with E-state index in [0.717, 1.165) is 28.1 Å². The van der Waals surface area contributed by atoms with E-state index >= 15 is 0 Å². The summed E-state index contributed by atoms with van der Waals surface area (Å²) in [6.07, 6.45) is 0. The monoisotopic (exact) mass is 341 g/mol. The molecule has 1 N–H and O–H groups in total. The van der Waals surface area contributed by atoms with Crippen LogP contribution < -0.4 is 10.1 Å². The molecular formula is C21H27NO3. The average Bonchev–Trinajstić information content (AvgIpc) is 2.57. The number of carbonyl (C=O) groups excluding carboxylic acids is 1. The number of anilines is 1. The SMILES string of the molecule is COc1ccc(C(=O)Nc2c(C)cccc2C)cc1COCC(C)C. The highest BCUT2D eigenvalue weighted by atomic mass is 16.5. The Hall–Kier alpha value is -2.33. The van der Waals surface area contributed by atoms with Gasteiger partial charge in [-0.15, -0.1) is 0 Å². The summed E-state index contributed by atoms with van der Waals surface area (Å²) < 4.78 is 11.1. The molecule has 134 valence electrons. The van der Waals surface area contributed by atoms with Crippen molar-refractivity contribution < 1.29 is 14.3 Å². The molecule has 0 aliphatic rings. The molecule has 2 aromatic rings. The van der Waals surface area contributed by atoms with Gasteiger partial charge in [-0.2, -0.15) is 0 Å². The van der Waals surface area contributed by atoms with Crippen LogP contribution in [0.5, 0.6) is 5.75 Å². The Balaban J connectivity index is 2.19. The number of aryl methyl sites for hydroxylation is 2. The summed E-state index contributed by atoms with van der Waals surface area (Å²) in [5.41, 5.74) is 4.41. The average molecular weight is 341 g/mol. The lowest BCUT2D eigenvalue weighted by atomic mass is 10.1. The molecule has 4 heteroatoms. The van der Waals surface area contributed by atoms with Gasteiger partial charge in [-0.3, -0.25) is 4.79 Å². The smallest absolute Gasteiger partial charge is 0.255 e. The zero-order valence-electron chi connectivity index (χ0n) is 15.7. The van der Waals surface area contributed by atoms with E-state index in [-0.39, 0.29) is 5.91 Å². The van der Waals surface area contributed by atoms with Crippen LogP contribution in [0.2, 0.25) is 0 Å². The first-order valence-corrected chi connectivity index (χ1v) is 8.54. The van der Waals surface area contributed by atoms with E-state index in [1.54, 1.807) is 13.2 Å². The summed E-state index contributed by atoms with van der Waals surface area (Å²) in [5.74, 6) is 1.05. The molecule has 0 aliphatic heterocycles. The maximum atomic E-state index is 12.7. The first kappa shape index (κ1) is 19.0. The molecule has 0 aliphatic carbocycles. The van der Waals surface area contributed by atoms with Gasteiger partial charge in [0.2, 0.25) is 0 Å². The summed E-state index contributed by atoms with van der Waals surface area (Å²) in [4.78, 5) is 12.7. The van der Waals surface area contributed by atoms with Gasteiger partial charge in [0.15, 0.2) is 0 Å². The molecule has 2 aromatic carbocycles. The number of nitrogens with one attached hydrogen (secondary N) is 1. The van der Waals surface area contributed by atoms with Crippen LogP contribution >= 0.6 is 0 Å². The highest BCUT2D eigenvalue weighted by molar-refractivity contribution is 6.05. The highest BCUT2D eigenvalue weighted by Crippen LogP contribution is 2.24. The molecule has 0 unspecified atom stereocenters. The third kappa shape index (κ3) is 5.07. The molecule has 0 aromatic heterocycles. The van der Waals surface area contributed by atoms with Gasteiger partial charge in [0.05, 0.1) is 13.7 Å². The van der Waals surface area contributed by atoms with Crippen molar-refractivity contribution in [3.8, 4) is 5.75 Å². The molecule has 4 nitrogen and oxygen atoms in total. The predicted octanol–water partition coefficient (Wildman–Crippen LogP) is 4.74. The third-order valence-electron chi connectivity index (χ3n) is 3.97. The number of hydrogen-bond donors (Lipinski definition) is 1. The van der Waals surface area contributed by atoms with E-state index in [2.05, 4.69) is 19.2 Å². The zero-order chi connectivity index (χ0) is 18.4. The van der Waals surface area contributed by atoms with Gasteiger partial charge in [-0.25, -0.2) is 0 Å². The van der Waals surface area contributed by atoms with Gasteiger partial charge in [0.1, 0.15) is 5.75 Å². The summed E-state index contributed by atoms with van der Waals surface area (Å²) in [6.45, 7) is 9.27. The molecule has 0 fully saturated rings. The van der Waals surface area contributed by atoms with Crippen LogP contribution in [0.15, 0.2) is 36.4 Å². The van der Waals surface area contributed by atoms with E-state index in [1.807, 2.05) is 44.2 Å². The molecule has 1 amide bonds.